The van der Waals surface area contributed by atoms with Crippen LogP contribution < -0.4 is 11.0 Å². The second-order valence-electron chi connectivity index (χ2n) is 9.16. The number of benzene rings is 2. The smallest absolute Gasteiger partial charge is 0.382 e. The van der Waals surface area contributed by atoms with E-state index in [9.17, 15) is 27.9 Å². The van der Waals surface area contributed by atoms with Crippen LogP contribution in [0.25, 0.3) is 17.1 Å². The number of alkyl halides is 3. The number of aliphatic hydroxyl groups excluding tert-OH is 1. The molecule has 2 aromatic carbocycles. The monoisotopic (exact) mass is 561 g/mol. The van der Waals surface area contributed by atoms with Crippen LogP contribution in [-0.4, -0.2) is 58.4 Å². The summed E-state index contributed by atoms with van der Waals surface area (Å²) in [7, 11) is 0. The molecule has 10 nitrogen and oxygen atoms in total. The molecule has 1 amide bonds. The highest BCUT2D eigenvalue weighted by molar-refractivity contribution is 6.30. The van der Waals surface area contributed by atoms with Gasteiger partial charge in [0, 0.05) is 16.6 Å². The molecule has 5 rings (SSSR count). The van der Waals surface area contributed by atoms with E-state index in [0.717, 1.165) is 28.5 Å². The first-order chi connectivity index (χ1) is 18.6. The molecule has 14 heteroatoms. The molecule has 0 aliphatic heterocycles. The van der Waals surface area contributed by atoms with E-state index in [1.54, 1.807) is 24.3 Å². The predicted molar refractivity (Wildman–Crippen MR) is 135 cm³/mol. The molecule has 2 N–H and O–H groups in total. The Labute approximate surface area is 224 Å². The van der Waals surface area contributed by atoms with Gasteiger partial charge in [0.25, 0.3) is 5.91 Å². The SMILES string of the molecule is O=C(NC1CCC1)c1ccccc1-n1cnc(Cn2nc(-c3ccc(Cl)cc3)n(CC(O)C(F)(F)F)c2=O)n1. The van der Waals surface area contributed by atoms with Crippen LogP contribution in [0.5, 0.6) is 0 Å². The highest BCUT2D eigenvalue weighted by Gasteiger charge is 2.39. The Morgan fingerprint density at radius 1 is 1.13 bits per heavy atom. The van der Waals surface area contributed by atoms with Crippen molar-refractivity contribution in [3.8, 4) is 17.1 Å². The number of carbonyl (C=O) groups excluding carboxylic acids is 1. The molecule has 0 bridgehead atoms. The minimum atomic E-state index is -4.93. The third-order valence-electron chi connectivity index (χ3n) is 6.42. The van der Waals surface area contributed by atoms with Gasteiger partial charge in [-0.15, -0.1) is 10.2 Å². The summed E-state index contributed by atoms with van der Waals surface area (Å²) >= 11 is 5.92. The maximum atomic E-state index is 13.1. The molecule has 1 unspecified atom stereocenters. The molecule has 1 aliphatic carbocycles. The number of rotatable bonds is 8. The summed E-state index contributed by atoms with van der Waals surface area (Å²) in [5.41, 5.74) is 0.309. The van der Waals surface area contributed by atoms with Gasteiger partial charge in [-0.1, -0.05) is 23.7 Å². The van der Waals surface area contributed by atoms with E-state index < -0.39 is 24.5 Å². The van der Waals surface area contributed by atoms with Crippen LogP contribution >= 0.6 is 11.6 Å². The molecule has 39 heavy (non-hydrogen) atoms. The van der Waals surface area contributed by atoms with Crippen molar-refractivity contribution >= 4 is 17.5 Å². The van der Waals surface area contributed by atoms with Crippen molar-refractivity contribution < 1.29 is 23.1 Å². The highest BCUT2D eigenvalue weighted by Crippen LogP contribution is 2.24. The summed E-state index contributed by atoms with van der Waals surface area (Å²) in [4.78, 5) is 30.1. The van der Waals surface area contributed by atoms with E-state index in [-0.39, 0.29) is 30.1 Å². The fraction of sp³-hybridized carbons (Fsp3) is 0.320. The zero-order chi connectivity index (χ0) is 27.7. The molecule has 1 saturated carbocycles. The fourth-order valence-corrected chi connectivity index (χ4v) is 4.22. The molecule has 0 saturated heterocycles. The summed E-state index contributed by atoms with van der Waals surface area (Å²) in [5.74, 6) is -0.189. The average molecular weight is 562 g/mol. The lowest BCUT2D eigenvalue weighted by Gasteiger charge is -2.26. The maximum absolute atomic E-state index is 13.1. The minimum absolute atomic E-state index is 0.0857. The minimum Gasteiger partial charge on any atom is -0.382 e. The van der Waals surface area contributed by atoms with E-state index in [0.29, 0.717) is 21.8 Å². The van der Waals surface area contributed by atoms with Crippen LogP contribution in [-0.2, 0) is 13.1 Å². The van der Waals surface area contributed by atoms with Crippen LogP contribution in [0.2, 0.25) is 5.02 Å². The molecule has 1 fully saturated rings. The van der Waals surface area contributed by atoms with E-state index in [4.69, 9.17) is 11.6 Å². The standard InChI is InChI=1S/C25H23ClF3N7O3/c26-16-10-8-15(9-11-16)22-33-35(24(39)34(22)12-20(37)25(27,28)29)13-21-30-14-36(32-21)19-7-2-1-6-18(19)23(38)31-17-4-3-5-17/h1-2,6-11,14,17,20,37H,3-5,12-13H2,(H,31,38). The Morgan fingerprint density at radius 3 is 2.51 bits per heavy atom. The zero-order valence-corrected chi connectivity index (χ0v) is 21.1. The molecule has 2 heterocycles. The molecule has 1 aliphatic rings. The van der Waals surface area contributed by atoms with E-state index in [1.807, 2.05) is 0 Å². The van der Waals surface area contributed by atoms with E-state index >= 15 is 0 Å². The summed E-state index contributed by atoms with van der Waals surface area (Å²) < 4.78 is 42.3. The van der Waals surface area contributed by atoms with Gasteiger partial charge < -0.3 is 10.4 Å². The van der Waals surface area contributed by atoms with Gasteiger partial charge in [0.1, 0.15) is 12.9 Å². The number of nitrogens with one attached hydrogen (secondary N) is 1. The first-order valence-electron chi connectivity index (χ1n) is 12.1. The molecule has 2 aromatic heterocycles. The van der Waals surface area contributed by atoms with E-state index in [1.165, 1.54) is 35.3 Å². The Hall–Kier alpha value is -3.97. The van der Waals surface area contributed by atoms with Crippen molar-refractivity contribution in [1.29, 1.82) is 0 Å². The number of para-hydroxylation sites is 1. The molecule has 4 aromatic rings. The van der Waals surface area contributed by atoms with Gasteiger partial charge in [0.05, 0.1) is 17.8 Å². The van der Waals surface area contributed by atoms with Crippen molar-refractivity contribution in [2.75, 3.05) is 0 Å². The first kappa shape index (κ1) is 26.6. The van der Waals surface area contributed by atoms with Crippen molar-refractivity contribution in [3.05, 3.63) is 81.8 Å². The largest absolute Gasteiger partial charge is 0.416 e. The second-order valence-corrected chi connectivity index (χ2v) is 9.60. The molecule has 1 atom stereocenters. The van der Waals surface area contributed by atoms with Crippen LogP contribution in [0.15, 0.2) is 59.7 Å². The van der Waals surface area contributed by atoms with Crippen LogP contribution in [0.3, 0.4) is 0 Å². The number of hydrogen-bond acceptors (Lipinski definition) is 6. The maximum Gasteiger partial charge on any atom is 0.416 e. The number of halogens is 4. The number of carbonyl (C=O) groups is 1. The summed E-state index contributed by atoms with van der Waals surface area (Å²) in [5, 5.41) is 21.6. The van der Waals surface area contributed by atoms with Crippen molar-refractivity contribution in [2.45, 2.75) is 50.7 Å². The number of nitrogens with zero attached hydrogens (tertiary/aromatic N) is 6. The highest BCUT2D eigenvalue weighted by atomic mass is 35.5. The van der Waals surface area contributed by atoms with Crippen molar-refractivity contribution in [3.63, 3.8) is 0 Å². The first-order valence-corrected chi connectivity index (χ1v) is 12.5. The quantitative estimate of drug-likeness (QED) is 0.341. The van der Waals surface area contributed by atoms with Crippen molar-refractivity contribution in [2.24, 2.45) is 0 Å². The lowest BCUT2D eigenvalue weighted by Crippen LogP contribution is -2.39. The zero-order valence-electron chi connectivity index (χ0n) is 20.3. The Balaban J connectivity index is 1.44. The fourth-order valence-electron chi connectivity index (χ4n) is 4.10. The number of aromatic nitrogens is 6. The van der Waals surface area contributed by atoms with Crippen LogP contribution in [0.4, 0.5) is 13.2 Å². The molecule has 0 spiro atoms. The normalized spacial score (nSPS) is 14.7. The van der Waals surface area contributed by atoms with Crippen molar-refractivity contribution in [1.82, 2.24) is 34.4 Å². The third-order valence-corrected chi connectivity index (χ3v) is 6.68. The second kappa shape index (κ2) is 10.7. The molecular formula is C25H23ClF3N7O3. The Kier molecular flexibility index (Phi) is 7.28. The average Bonchev–Trinajstić information content (AvgIpc) is 3.46. The summed E-state index contributed by atoms with van der Waals surface area (Å²) in [6.07, 6.45) is -3.40. The predicted octanol–water partition coefficient (Wildman–Crippen LogP) is 3.20. The summed E-state index contributed by atoms with van der Waals surface area (Å²) in [6.45, 7) is -1.32. The lowest BCUT2D eigenvalue weighted by atomic mass is 9.93. The van der Waals surface area contributed by atoms with Gasteiger partial charge in [0.15, 0.2) is 17.8 Å². The third kappa shape index (κ3) is 5.73. The molecule has 0 radical (unpaired) electrons. The lowest BCUT2D eigenvalue weighted by molar-refractivity contribution is -0.207. The van der Waals surface area contributed by atoms with Gasteiger partial charge in [-0.2, -0.15) is 13.2 Å². The number of hydrogen-bond donors (Lipinski definition) is 2. The van der Waals surface area contributed by atoms with Gasteiger partial charge in [-0.05, 0) is 55.7 Å². The number of amides is 1. The van der Waals surface area contributed by atoms with Gasteiger partial charge >= 0.3 is 11.9 Å². The molecule has 204 valence electrons. The van der Waals surface area contributed by atoms with Crippen LogP contribution in [0.1, 0.15) is 35.4 Å². The topological polar surface area (TPSA) is 120 Å². The number of aliphatic hydroxyl groups is 1. The molecular weight excluding hydrogens is 539 g/mol. The Morgan fingerprint density at radius 2 is 1.85 bits per heavy atom. The van der Waals surface area contributed by atoms with Gasteiger partial charge in [-0.3, -0.25) is 9.36 Å². The van der Waals surface area contributed by atoms with Gasteiger partial charge in [-0.25, -0.2) is 19.1 Å². The van der Waals surface area contributed by atoms with Crippen LogP contribution in [0, 0.1) is 0 Å². The summed E-state index contributed by atoms with van der Waals surface area (Å²) in [6, 6.07) is 13.0. The van der Waals surface area contributed by atoms with E-state index in [2.05, 4.69) is 20.5 Å². The van der Waals surface area contributed by atoms with Gasteiger partial charge in [0.2, 0.25) is 0 Å². The Bertz CT molecular complexity index is 1540.